The Bertz CT molecular complexity index is 325. The highest BCUT2D eigenvalue weighted by Crippen LogP contribution is 2.12. The Morgan fingerprint density at radius 2 is 2.40 bits per heavy atom. The van der Waals surface area contributed by atoms with Crippen molar-refractivity contribution in [3.63, 3.8) is 0 Å². The van der Waals surface area contributed by atoms with E-state index in [1.54, 1.807) is 6.26 Å². The molecule has 0 aliphatic heterocycles. The zero-order valence-electron chi connectivity index (χ0n) is 9.20. The van der Waals surface area contributed by atoms with Crippen molar-refractivity contribution in [3.8, 4) is 12.3 Å². The minimum atomic E-state index is 0.516. The van der Waals surface area contributed by atoms with Crippen LogP contribution in [0.5, 0.6) is 0 Å². The summed E-state index contributed by atoms with van der Waals surface area (Å²) in [7, 11) is 0. The van der Waals surface area contributed by atoms with Crippen LogP contribution in [0.25, 0.3) is 0 Å². The van der Waals surface area contributed by atoms with E-state index in [9.17, 15) is 0 Å². The van der Waals surface area contributed by atoms with Gasteiger partial charge in [-0.25, -0.2) is 0 Å². The minimum absolute atomic E-state index is 0.516. The fraction of sp³-hybridized carbons (Fsp3) is 0.500. The van der Waals surface area contributed by atoms with Crippen molar-refractivity contribution in [1.82, 2.24) is 4.90 Å². The highest BCUT2D eigenvalue weighted by atomic mass is 16.3. The molecule has 2 N–H and O–H groups in total. The predicted molar refractivity (Wildman–Crippen MR) is 61.0 cm³/mol. The third-order valence-corrected chi connectivity index (χ3v) is 2.28. The van der Waals surface area contributed by atoms with Crippen LogP contribution < -0.4 is 5.73 Å². The van der Waals surface area contributed by atoms with Gasteiger partial charge >= 0.3 is 0 Å². The Morgan fingerprint density at radius 1 is 1.60 bits per heavy atom. The molecule has 0 aromatic carbocycles. The van der Waals surface area contributed by atoms with E-state index in [1.165, 1.54) is 0 Å². The van der Waals surface area contributed by atoms with Crippen LogP contribution in [0.1, 0.15) is 24.7 Å². The molecule has 15 heavy (non-hydrogen) atoms. The van der Waals surface area contributed by atoms with E-state index in [0.29, 0.717) is 13.1 Å². The number of hydrogen-bond donors (Lipinski definition) is 1. The average Bonchev–Trinajstić information content (AvgIpc) is 2.66. The molecule has 0 aliphatic carbocycles. The molecule has 0 amide bonds. The van der Waals surface area contributed by atoms with Crippen molar-refractivity contribution in [1.29, 1.82) is 0 Å². The molecule has 0 aliphatic rings. The molecule has 0 unspecified atom stereocenters. The van der Waals surface area contributed by atoms with Gasteiger partial charge in [0.1, 0.15) is 5.76 Å². The predicted octanol–water partition coefficient (Wildman–Crippen LogP) is 1.58. The summed E-state index contributed by atoms with van der Waals surface area (Å²) in [6, 6.07) is 1.91. The maximum absolute atomic E-state index is 5.60. The highest BCUT2D eigenvalue weighted by molar-refractivity contribution is 5.16. The molecule has 1 aromatic rings. The van der Waals surface area contributed by atoms with Crippen molar-refractivity contribution < 1.29 is 4.42 Å². The summed E-state index contributed by atoms with van der Waals surface area (Å²) in [5.74, 6) is 3.59. The lowest BCUT2D eigenvalue weighted by molar-refractivity contribution is 0.271. The summed E-state index contributed by atoms with van der Waals surface area (Å²) >= 11 is 0. The normalized spacial score (nSPS) is 10.5. The van der Waals surface area contributed by atoms with Crippen LogP contribution in [-0.4, -0.2) is 18.0 Å². The smallest absolute Gasteiger partial charge is 0.122 e. The van der Waals surface area contributed by atoms with E-state index >= 15 is 0 Å². The monoisotopic (exact) mass is 206 g/mol. The number of hydrogen-bond acceptors (Lipinski definition) is 3. The number of nitrogens with zero attached hydrogens (tertiary/aromatic N) is 1. The van der Waals surface area contributed by atoms with Crippen LogP contribution in [0, 0.1) is 12.3 Å². The molecule has 3 heteroatoms. The van der Waals surface area contributed by atoms with Gasteiger partial charge in [-0.3, -0.25) is 4.90 Å². The van der Waals surface area contributed by atoms with Crippen molar-refractivity contribution in [3.05, 3.63) is 23.7 Å². The van der Waals surface area contributed by atoms with E-state index in [2.05, 4.69) is 17.7 Å². The van der Waals surface area contributed by atoms with E-state index < -0.39 is 0 Å². The Kier molecular flexibility index (Phi) is 4.96. The first kappa shape index (κ1) is 11.8. The Balaban J connectivity index is 2.61. The lowest BCUT2D eigenvalue weighted by Crippen LogP contribution is -2.24. The first-order valence-electron chi connectivity index (χ1n) is 5.23. The summed E-state index contributed by atoms with van der Waals surface area (Å²) in [5.41, 5.74) is 6.66. The van der Waals surface area contributed by atoms with E-state index in [-0.39, 0.29) is 0 Å². The van der Waals surface area contributed by atoms with Crippen LogP contribution in [-0.2, 0) is 13.1 Å². The molecule has 82 valence electrons. The summed E-state index contributed by atoms with van der Waals surface area (Å²) in [6.45, 7) is 5.03. The van der Waals surface area contributed by atoms with E-state index in [1.807, 2.05) is 6.07 Å². The molecule has 1 rings (SSSR count). The largest absolute Gasteiger partial charge is 0.468 e. The van der Waals surface area contributed by atoms with Gasteiger partial charge in [-0.2, -0.15) is 0 Å². The van der Waals surface area contributed by atoms with Gasteiger partial charge in [0, 0.05) is 12.1 Å². The zero-order valence-corrected chi connectivity index (χ0v) is 9.20. The van der Waals surface area contributed by atoms with Crippen molar-refractivity contribution in [2.24, 2.45) is 5.73 Å². The topological polar surface area (TPSA) is 42.4 Å². The number of terminal acetylenes is 1. The Labute approximate surface area is 91.2 Å². The zero-order chi connectivity index (χ0) is 11.1. The molecule has 0 radical (unpaired) electrons. The molecule has 3 nitrogen and oxygen atoms in total. The van der Waals surface area contributed by atoms with Gasteiger partial charge in [0.15, 0.2) is 0 Å². The Hall–Kier alpha value is -1.24. The van der Waals surface area contributed by atoms with Gasteiger partial charge in [-0.15, -0.1) is 6.42 Å². The summed E-state index contributed by atoms with van der Waals surface area (Å²) in [6.07, 6.45) is 8.07. The van der Waals surface area contributed by atoms with Crippen molar-refractivity contribution in [2.45, 2.75) is 26.4 Å². The fourth-order valence-electron chi connectivity index (χ4n) is 1.55. The van der Waals surface area contributed by atoms with Crippen LogP contribution in [0.2, 0.25) is 0 Å². The molecule has 1 aromatic heterocycles. The molecular weight excluding hydrogens is 188 g/mol. The quantitative estimate of drug-likeness (QED) is 0.719. The van der Waals surface area contributed by atoms with Gasteiger partial charge in [-0.05, 0) is 19.0 Å². The van der Waals surface area contributed by atoms with Crippen LogP contribution in [0.15, 0.2) is 16.7 Å². The molecule has 0 saturated heterocycles. The molecule has 1 heterocycles. The van der Waals surface area contributed by atoms with Crippen molar-refractivity contribution in [2.75, 3.05) is 13.1 Å². The third-order valence-electron chi connectivity index (χ3n) is 2.28. The van der Waals surface area contributed by atoms with Gasteiger partial charge in [0.05, 0.1) is 19.4 Å². The first-order valence-corrected chi connectivity index (χ1v) is 5.23. The average molecular weight is 206 g/mol. The summed E-state index contributed by atoms with van der Waals surface area (Å²) in [4.78, 5) is 2.18. The molecule has 0 bridgehead atoms. The molecule has 0 saturated carbocycles. The van der Waals surface area contributed by atoms with E-state index in [4.69, 9.17) is 16.6 Å². The molecule has 0 spiro atoms. The fourth-order valence-corrected chi connectivity index (χ4v) is 1.55. The van der Waals surface area contributed by atoms with Crippen LogP contribution >= 0.6 is 0 Å². The van der Waals surface area contributed by atoms with Gasteiger partial charge < -0.3 is 10.2 Å². The second-order valence-electron chi connectivity index (χ2n) is 3.49. The van der Waals surface area contributed by atoms with Crippen LogP contribution in [0.4, 0.5) is 0 Å². The molecule has 0 fully saturated rings. The standard InChI is InChI=1S/C12H18N2O/c1-3-6-14(7-4-2)10-12-11(9-13)5-8-15-12/h1,5,8H,4,6-7,9-10,13H2,2H3. The second kappa shape index (κ2) is 6.28. The highest BCUT2D eigenvalue weighted by Gasteiger charge is 2.09. The van der Waals surface area contributed by atoms with Crippen LogP contribution in [0.3, 0.4) is 0 Å². The third kappa shape index (κ3) is 3.43. The molecular formula is C12H18N2O. The van der Waals surface area contributed by atoms with E-state index in [0.717, 1.165) is 30.8 Å². The SMILES string of the molecule is C#CCN(CCC)Cc1occc1CN. The minimum Gasteiger partial charge on any atom is -0.468 e. The summed E-state index contributed by atoms with van der Waals surface area (Å²) in [5, 5.41) is 0. The van der Waals surface area contributed by atoms with Crippen molar-refractivity contribution >= 4 is 0 Å². The summed E-state index contributed by atoms with van der Waals surface area (Å²) < 4.78 is 5.39. The van der Waals surface area contributed by atoms with Gasteiger partial charge in [-0.1, -0.05) is 12.8 Å². The Morgan fingerprint density at radius 3 is 3.00 bits per heavy atom. The number of rotatable bonds is 6. The second-order valence-corrected chi connectivity index (χ2v) is 3.49. The lowest BCUT2D eigenvalue weighted by Gasteiger charge is -2.17. The molecule has 0 atom stereocenters. The lowest BCUT2D eigenvalue weighted by atomic mass is 10.2. The number of furan rings is 1. The maximum Gasteiger partial charge on any atom is 0.122 e. The maximum atomic E-state index is 5.60. The number of nitrogens with two attached hydrogens (primary N) is 1. The van der Waals surface area contributed by atoms with Gasteiger partial charge in [0.25, 0.3) is 0 Å². The van der Waals surface area contributed by atoms with Gasteiger partial charge in [0.2, 0.25) is 0 Å². The first-order chi connectivity index (χ1) is 7.31.